The molecule has 0 aliphatic carbocycles. The molecule has 0 saturated carbocycles. The van der Waals surface area contributed by atoms with Gasteiger partial charge in [-0.25, -0.2) is 9.59 Å². The molecule has 3 rings (SSSR count). The first-order chi connectivity index (χ1) is 13.3. The molecule has 1 amide bonds. The predicted octanol–water partition coefficient (Wildman–Crippen LogP) is -0.714. The van der Waals surface area contributed by atoms with Crippen LogP contribution in [0.5, 0.6) is 0 Å². The number of nitrogens with zero attached hydrogens (tertiary/aromatic N) is 2. The Kier molecular flexibility index (Phi) is 5.71. The lowest BCUT2D eigenvalue weighted by atomic mass is 10.1. The summed E-state index contributed by atoms with van der Waals surface area (Å²) in [4.78, 5) is 39.5. The van der Waals surface area contributed by atoms with Crippen LogP contribution in [0.1, 0.15) is 18.2 Å². The molecular formula is C18H20N4O6. The number of aliphatic carboxylic acids is 1. The first-order valence-corrected chi connectivity index (χ1v) is 8.60. The van der Waals surface area contributed by atoms with Crippen LogP contribution in [0.15, 0.2) is 47.4 Å². The van der Waals surface area contributed by atoms with E-state index in [9.17, 15) is 24.6 Å². The molecule has 1 aromatic heterocycles. The topological polar surface area (TPSA) is 157 Å². The zero-order valence-corrected chi connectivity index (χ0v) is 14.8. The van der Waals surface area contributed by atoms with Crippen LogP contribution < -0.4 is 16.7 Å². The van der Waals surface area contributed by atoms with Gasteiger partial charge in [0.2, 0.25) is 0 Å². The number of nitrogens with two attached hydrogens (primary N) is 1. The van der Waals surface area contributed by atoms with Crippen LogP contribution in [0.25, 0.3) is 0 Å². The van der Waals surface area contributed by atoms with E-state index in [1.807, 2.05) is 0 Å². The van der Waals surface area contributed by atoms with Crippen molar-refractivity contribution in [1.29, 1.82) is 0 Å². The molecule has 1 saturated heterocycles. The van der Waals surface area contributed by atoms with Gasteiger partial charge in [-0.05, 0) is 11.6 Å². The molecule has 1 fully saturated rings. The van der Waals surface area contributed by atoms with Gasteiger partial charge in [0.25, 0.3) is 5.91 Å². The second kappa shape index (κ2) is 8.19. The summed E-state index contributed by atoms with van der Waals surface area (Å²) in [6.07, 6.45) is -2.02. The number of aliphatic hydroxyl groups is 1. The molecule has 5 N–H and O–H groups in total. The Labute approximate surface area is 159 Å². The van der Waals surface area contributed by atoms with Gasteiger partial charge in [0.15, 0.2) is 6.10 Å². The van der Waals surface area contributed by atoms with Crippen molar-refractivity contribution in [2.45, 2.75) is 37.3 Å². The molecule has 148 valence electrons. The van der Waals surface area contributed by atoms with Crippen LogP contribution in [-0.4, -0.2) is 49.9 Å². The van der Waals surface area contributed by atoms with Gasteiger partial charge in [-0.1, -0.05) is 30.3 Å². The number of anilines is 1. The highest BCUT2D eigenvalue weighted by atomic mass is 16.5. The lowest BCUT2D eigenvalue weighted by molar-refractivity contribution is -0.146. The first-order valence-electron chi connectivity index (χ1n) is 8.60. The second-order valence-electron chi connectivity index (χ2n) is 6.45. The highest BCUT2D eigenvalue weighted by molar-refractivity contribution is 5.87. The minimum Gasteiger partial charge on any atom is -0.480 e. The van der Waals surface area contributed by atoms with E-state index < -0.39 is 42.0 Å². The van der Waals surface area contributed by atoms with E-state index in [0.717, 1.165) is 10.1 Å². The van der Waals surface area contributed by atoms with E-state index in [0.29, 0.717) is 0 Å². The number of carbonyl (C=O) groups excluding carboxylic acids is 1. The van der Waals surface area contributed by atoms with Gasteiger partial charge in [0.05, 0.1) is 6.10 Å². The monoisotopic (exact) mass is 388 g/mol. The van der Waals surface area contributed by atoms with Gasteiger partial charge >= 0.3 is 11.7 Å². The van der Waals surface area contributed by atoms with Crippen LogP contribution in [0.3, 0.4) is 0 Å². The minimum absolute atomic E-state index is 0.0278. The number of hydrogen-bond acceptors (Lipinski definition) is 7. The third-order valence-corrected chi connectivity index (χ3v) is 4.41. The summed E-state index contributed by atoms with van der Waals surface area (Å²) in [6, 6.07) is 9.04. The smallest absolute Gasteiger partial charge is 0.351 e. The fraction of sp³-hybridized carbons (Fsp3) is 0.333. The molecule has 1 aliphatic rings. The van der Waals surface area contributed by atoms with Crippen LogP contribution in [0, 0.1) is 0 Å². The number of amides is 1. The van der Waals surface area contributed by atoms with Gasteiger partial charge in [-0.3, -0.25) is 9.36 Å². The molecule has 0 radical (unpaired) electrons. The van der Waals surface area contributed by atoms with Crippen molar-refractivity contribution in [2.75, 3.05) is 5.73 Å². The van der Waals surface area contributed by atoms with E-state index in [1.165, 1.54) is 12.3 Å². The molecule has 10 nitrogen and oxygen atoms in total. The Balaban J connectivity index is 1.69. The van der Waals surface area contributed by atoms with E-state index in [2.05, 4.69) is 10.3 Å². The third-order valence-electron chi connectivity index (χ3n) is 4.41. The van der Waals surface area contributed by atoms with E-state index >= 15 is 0 Å². The Morgan fingerprint density at radius 3 is 2.68 bits per heavy atom. The quantitative estimate of drug-likeness (QED) is 0.505. The molecule has 10 heteroatoms. The zero-order valence-electron chi connectivity index (χ0n) is 14.8. The Hall–Kier alpha value is -3.24. The zero-order chi connectivity index (χ0) is 20.3. The van der Waals surface area contributed by atoms with Crippen molar-refractivity contribution in [3.63, 3.8) is 0 Å². The van der Waals surface area contributed by atoms with Crippen molar-refractivity contribution < 1.29 is 24.5 Å². The largest absolute Gasteiger partial charge is 0.480 e. The van der Waals surface area contributed by atoms with Crippen molar-refractivity contribution in [3.8, 4) is 0 Å². The minimum atomic E-state index is -1.31. The number of aliphatic hydroxyl groups excluding tert-OH is 1. The summed E-state index contributed by atoms with van der Waals surface area (Å²) >= 11 is 0. The fourth-order valence-corrected chi connectivity index (χ4v) is 3.01. The molecule has 2 heterocycles. The number of benzene rings is 1. The molecule has 4 atom stereocenters. The average Bonchev–Trinajstić information content (AvgIpc) is 3.03. The summed E-state index contributed by atoms with van der Waals surface area (Å²) in [5, 5.41) is 22.0. The van der Waals surface area contributed by atoms with E-state index in [1.54, 1.807) is 30.3 Å². The van der Waals surface area contributed by atoms with Crippen molar-refractivity contribution in [3.05, 3.63) is 58.6 Å². The van der Waals surface area contributed by atoms with Crippen molar-refractivity contribution in [2.24, 2.45) is 0 Å². The summed E-state index contributed by atoms with van der Waals surface area (Å²) in [5.74, 6) is -1.94. The maximum absolute atomic E-state index is 12.5. The van der Waals surface area contributed by atoms with E-state index in [-0.39, 0.29) is 18.7 Å². The van der Waals surface area contributed by atoms with Gasteiger partial charge in [-0.15, -0.1) is 0 Å². The summed E-state index contributed by atoms with van der Waals surface area (Å²) in [6.45, 7) is 0. The molecule has 0 bridgehead atoms. The predicted molar refractivity (Wildman–Crippen MR) is 97.2 cm³/mol. The number of nitrogens with one attached hydrogen (secondary N) is 1. The number of aromatic nitrogens is 2. The highest BCUT2D eigenvalue weighted by Crippen LogP contribution is 2.28. The molecular weight excluding hydrogens is 368 g/mol. The number of hydrogen-bond donors (Lipinski definition) is 4. The number of carbonyl (C=O) groups is 2. The third kappa shape index (κ3) is 4.35. The average molecular weight is 388 g/mol. The Bertz CT molecular complexity index is 916. The summed E-state index contributed by atoms with van der Waals surface area (Å²) in [7, 11) is 0. The fourth-order valence-electron chi connectivity index (χ4n) is 3.01. The SMILES string of the molecule is Nc1ccn(C2CC(O)C(C(=O)NC(Cc3ccccc3)C(=O)O)O2)c(=O)n1. The van der Waals surface area contributed by atoms with Crippen molar-refractivity contribution >= 4 is 17.7 Å². The molecule has 1 aromatic carbocycles. The molecule has 4 unspecified atom stereocenters. The molecule has 28 heavy (non-hydrogen) atoms. The molecule has 0 spiro atoms. The Morgan fingerprint density at radius 1 is 1.32 bits per heavy atom. The van der Waals surface area contributed by atoms with Crippen LogP contribution in [-0.2, 0) is 20.7 Å². The maximum Gasteiger partial charge on any atom is 0.351 e. The number of ether oxygens (including phenoxy) is 1. The normalized spacial score (nSPS) is 22.5. The van der Waals surface area contributed by atoms with Gasteiger partial charge in [0, 0.05) is 19.0 Å². The highest BCUT2D eigenvalue weighted by Gasteiger charge is 2.41. The van der Waals surface area contributed by atoms with Crippen LogP contribution in [0.4, 0.5) is 5.82 Å². The lowest BCUT2D eigenvalue weighted by Crippen LogP contribution is -2.49. The molecule has 2 aromatic rings. The second-order valence-corrected chi connectivity index (χ2v) is 6.45. The number of carboxylic acids is 1. The number of nitrogen functional groups attached to an aromatic ring is 1. The number of carboxylic acid groups (broad SMARTS) is 1. The summed E-state index contributed by atoms with van der Waals surface area (Å²) in [5.41, 5.74) is 5.50. The van der Waals surface area contributed by atoms with Gasteiger partial charge in [-0.2, -0.15) is 4.98 Å². The standard InChI is InChI=1S/C18H20N4O6/c19-13-6-7-22(18(27)21-13)14-9-12(23)15(28-14)16(24)20-11(17(25)26)8-10-4-2-1-3-5-10/h1-7,11-12,14-15,23H,8-9H2,(H,20,24)(H,25,26)(H2,19,21,27). The van der Waals surface area contributed by atoms with E-state index in [4.69, 9.17) is 10.5 Å². The van der Waals surface area contributed by atoms with Gasteiger partial charge in [0.1, 0.15) is 18.1 Å². The summed E-state index contributed by atoms with van der Waals surface area (Å²) < 4.78 is 6.62. The van der Waals surface area contributed by atoms with Gasteiger partial charge < -0.3 is 26.0 Å². The maximum atomic E-state index is 12.5. The lowest BCUT2D eigenvalue weighted by Gasteiger charge is -2.19. The van der Waals surface area contributed by atoms with Crippen LogP contribution >= 0.6 is 0 Å². The molecule has 1 aliphatic heterocycles. The first kappa shape index (κ1) is 19.5. The van der Waals surface area contributed by atoms with Crippen LogP contribution in [0.2, 0.25) is 0 Å². The van der Waals surface area contributed by atoms with Crippen molar-refractivity contribution in [1.82, 2.24) is 14.9 Å². The Morgan fingerprint density at radius 2 is 2.04 bits per heavy atom. The number of rotatable bonds is 6.